The highest BCUT2D eigenvalue weighted by atomic mass is 16.3. The van der Waals surface area contributed by atoms with Crippen molar-refractivity contribution in [3.63, 3.8) is 0 Å². The first kappa shape index (κ1) is 15.6. The van der Waals surface area contributed by atoms with Crippen LogP contribution in [0.4, 0.5) is 11.4 Å². The van der Waals surface area contributed by atoms with E-state index in [1.54, 1.807) is 26.2 Å². The number of nitrogens with zero attached hydrogens (tertiary/aromatic N) is 1. The SMILES string of the molecule is CN(C)C(=O)c1ccc(NC2(CO)CCCCC2)c(N)c1. The van der Waals surface area contributed by atoms with Crippen LogP contribution in [0.1, 0.15) is 42.5 Å². The van der Waals surface area contributed by atoms with Gasteiger partial charge in [-0.05, 0) is 31.0 Å². The predicted octanol–water partition coefficient (Wildman–Crippen LogP) is 2.08. The maximum absolute atomic E-state index is 11.9. The molecular formula is C16H25N3O2. The molecule has 1 aliphatic carbocycles. The van der Waals surface area contributed by atoms with Gasteiger partial charge in [-0.25, -0.2) is 0 Å². The van der Waals surface area contributed by atoms with Crippen molar-refractivity contribution >= 4 is 17.3 Å². The zero-order valence-electron chi connectivity index (χ0n) is 12.9. The first-order valence-electron chi connectivity index (χ1n) is 7.48. The van der Waals surface area contributed by atoms with Gasteiger partial charge in [-0.2, -0.15) is 0 Å². The number of carbonyl (C=O) groups is 1. The van der Waals surface area contributed by atoms with Gasteiger partial charge in [0.2, 0.25) is 0 Å². The third-order valence-electron chi connectivity index (χ3n) is 4.22. The van der Waals surface area contributed by atoms with Crippen molar-refractivity contribution in [2.45, 2.75) is 37.6 Å². The Morgan fingerprint density at radius 2 is 2.00 bits per heavy atom. The lowest BCUT2D eigenvalue weighted by Crippen LogP contribution is -2.44. The summed E-state index contributed by atoms with van der Waals surface area (Å²) >= 11 is 0. The van der Waals surface area contributed by atoms with E-state index in [1.807, 2.05) is 6.07 Å². The molecule has 1 fully saturated rings. The van der Waals surface area contributed by atoms with E-state index >= 15 is 0 Å². The Hall–Kier alpha value is -1.75. The van der Waals surface area contributed by atoms with Crippen molar-refractivity contribution in [3.8, 4) is 0 Å². The van der Waals surface area contributed by atoms with E-state index in [0.29, 0.717) is 11.3 Å². The van der Waals surface area contributed by atoms with Gasteiger partial charge < -0.3 is 21.1 Å². The molecule has 0 atom stereocenters. The average molecular weight is 291 g/mol. The number of aliphatic hydroxyl groups is 1. The van der Waals surface area contributed by atoms with Gasteiger partial charge in [0, 0.05) is 19.7 Å². The van der Waals surface area contributed by atoms with Crippen LogP contribution in [0.3, 0.4) is 0 Å². The number of nitrogens with two attached hydrogens (primary N) is 1. The molecule has 1 aliphatic rings. The summed E-state index contributed by atoms with van der Waals surface area (Å²) < 4.78 is 0. The molecule has 116 valence electrons. The number of rotatable bonds is 4. The summed E-state index contributed by atoms with van der Waals surface area (Å²) in [6, 6.07) is 5.30. The zero-order valence-corrected chi connectivity index (χ0v) is 12.9. The third kappa shape index (κ3) is 3.47. The van der Waals surface area contributed by atoms with Gasteiger partial charge >= 0.3 is 0 Å². The first-order valence-corrected chi connectivity index (χ1v) is 7.48. The molecule has 0 spiro atoms. The second-order valence-electron chi connectivity index (χ2n) is 6.13. The van der Waals surface area contributed by atoms with Crippen LogP contribution < -0.4 is 11.1 Å². The second kappa shape index (κ2) is 6.35. The molecule has 0 heterocycles. The molecule has 1 saturated carbocycles. The van der Waals surface area contributed by atoms with Crippen molar-refractivity contribution in [1.82, 2.24) is 4.90 Å². The van der Waals surface area contributed by atoms with Crippen molar-refractivity contribution in [3.05, 3.63) is 23.8 Å². The summed E-state index contributed by atoms with van der Waals surface area (Å²) in [5.41, 5.74) is 7.71. The molecule has 21 heavy (non-hydrogen) atoms. The van der Waals surface area contributed by atoms with E-state index < -0.39 is 0 Å². The van der Waals surface area contributed by atoms with E-state index in [0.717, 1.165) is 31.4 Å². The fraction of sp³-hybridized carbons (Fsp3) is 0.562. The Morgan fingerprint density at radius 1 is 1.33 bits per heavy atom. The van der Waals surface area contributed by atoms with Gasteiger partial charge in [-0.3, -0.25) is 4.79 Å². The Balaban J connectivity index is 2.19. The molecule has 0 aliphatic heterocycles. The van der Waals surface area contributed by atoms with E-state index in [-0.39, 0.29) is 18.1 Å². The number of nitrogen functional groups attached to an aromatic ring is 1. The van der Waals surface area contributed by atoms with Crippen LogP contribution in [0.2, 0.25) is 0 Å². The zero-order chi connectivity index (χ0) is 15.5. The van der Waals surface area contributed by atoms with Crippen LogP contribution in [-0.4, -0.2) is 42.2 Å². The van der Waals surface area contributed by atoms with Crippen LogP contribution in [0.15, 0.2) is 18.2 Å². The Kier molecular flexibility index (Phi) is 4.73. The monoisotopic (exact) mass is 291 g/mol. The molecule has 0 unspecified atom stereocenters. The lowest BCUT2D eigenvalue weighted by atomic mass is 9.82. The number of amides is 1. The fourth-order valence-electron chi connectivity index (χ4n) is 2.90. The number of hydrogen-bond donors (Lipinski definition) is 3. The topological polar surface area (TPSA) is 78.6 Å². The Morgan fingerprint density at radius 3 is 2.52 bits per heavy atom. The highest BCUT2D eigenvalue weighted by Crippen LogP contribution is 2.33. The molecule has 1 aromatic rings. The highest BCUT2D eigenvalue weighted by molar-refractivity contribution is 5.95. The van der Waals surface area contributed by atoms with E-state index in [4.69, 9.17) is 5.73 Å². The maximum atomic E-state index is 11.9. The van der Waals surface area contributed by atoms with E-state index in [1.165, 1.54) is 11.3 Å². The Bertz CT molecular complexity index is 508. The van der Waals surface area contributed by atoms with Crippen LogP contribution in [0, 0.1) is 0 Å². The first-order chi connectivity index (χ1) is 9.97. The minimum atomic E-state index is -0.278. The molecule has 2 rings (SSSR count). The molecule has 4 N–H and O–H groups in total. The number of aliphatic hydroxyl groups excluding tert-OH is 1. The van der Waals surface area contributed by atoms with Crippen molar-refractivity contribution in [2.75, 3.05) is 31.8 Å². The van der Waals surface area contributed by atoms with Gasteiger partial charge in [0.05, 0.1) is 23.5 Å². The highest BCUT2D eigenvalue weighted by Gasteiger charge is 2.31. The van der Waals surface area contributed by atoms with E-state index in [2.05, 4.69) is 5.32 Å². The smallest absolute Gasteiger partial charge is 0.253 e. The standard InChI is InChI=1S/C16H25N3O2/c1-19(2)15(21)12-6-7-14(13(17)10-12)18-16(11-20)8-4-3-5-9-16/h6-7,10,18,20H,3-5,8-9,11,17H2,1-2H3. The number of nitrogens with one attached hydrogen (secondary N) is 1. The maximum Gasteiger partial charge on any atom is 0.253 e. The van der Waals surface area contributed by atoms with Crippen molar-refractivity contribution in [1.29, 1.82) is 0 Å². The molecule has 5 heteroatoms. The Labute approximate surface area is 126 Å². The number of hydrogen-bond acceptors (Lipinski definition) is 4. The second-order valence-corrected chi connectivity index (χ2v) is 6.13. The lowest BCUT2D eigenvalue weighted by Gasteiger charge is -2.37. The number of anilines is 2. The molecular weight excluding hydrogens is 266 g/mol. The fourth-order valence-corrected chi connectivity index (χ4v) is 2.90. The van der Waals surface area contributed by atoms with E-state index in [9.17, 15) is 9.90 Å². The quantitative estimate of drug-likeness (QED) is 0.742. The van der Waals surface area contributed by atoms with Crippen molar-refractivity contribution in [2.24, 2.45) is 0 Å². The molecule has 0 bridgehead atoms. The van der Waals surface area contributed by atoms with Gasteiger partial charge in [0.25, 0.3) is 5.91 Å². The molecule has 1 aromatic carbocycles. The largest absolute Gasteiger partial charge is 0.397 e. The third-order valence-corrected chi connectivity index (χ3v) is 4.22. The minimum Gasteiger partial charge on any atom is -0.397 e. The lowest BCUT2D eigenvalue weighted by molar-refractivity contribution is 0.0827. The number of benzene rings is 1. The minimum absolute atomic E-state index is 0.0669. The summed E-state index contributed by atoms with van der Waals surface area (Å²) in [5, 5.41) is 13.2. The summed E-state index contributed by atoms with van der Waals surface area (Å²) in [5.74, 6) is -0.0669. The molecule has 1 amide bonds. The van der Waals surface area contributed by atoms with Gasteiger partial charge in [-0.15, -0.1) is 0 Å². The van der Waals surface area contributed by atoms with Gasteiger partial charge in [-0.1, -0.05) is 19.3 Å². The van der Waals surface area contributed by atoms with Crippen LogP contribution in [0.5, 0.6) is 0 Å². The summed E-state index contributed by atoms with van der Waals surface area (Å²) in [6.45, 7) is 0.102. The van der Waals surface area contributed by atoms with Crippen LogP contribution >= 0.6 is 0 Å². The summed E-state index contributed by atoms with van der Waals surface area (Å²) in [7, 11) is 3.43. The normalized spacial score (nSPS) is 17.3. The summed E-state index contributed by atoms with van der Waals surface area (Å²) in [6.07, 6.45) is 5.34. The molecule has 0 saturated heterocycles. The molecule has 0 aromatic heterocycles. The van der Waals surface area contributed by atoms with Crippen LogP contribution in [-0.2, 0) is 0 Å². The van der Waals surface area contributed by atoms with Crippen LogP contribution in [0.25, 0.3) is 0 Å². The average Bonchev–Trinajstić information content (AvgIpc) is 2.49. The number of carbonyl (C=O) groups excluding carboxylic acids is 1. The molecule has 0 radical (unpaired) electrons. The van der Waals surface area contributed by atoms with Crippen molar-refractivity contribution < 1.29 is 9.90 Å². The van der Waals surface area contributed by atoms with Gasteiger partial charge in [0.15, 0.2) is 0 Å². The predicted molar refractivity (Wildman–Crippen MR) is 85.4 cm³/mol. The van der Waals surface area contributed by atoms with Gasteiger partial charge in [0.1, 0.15) is 0 Å². The summed E-state index contributed by atoms with van der Waals surface area (Å²) in [4.78, 5) is 13.5. The molecule has 5 nitrogen and oxygen atoms in total.